The Balaban J connectivity index is 2.05. The van der Waals surface area contributed by atoms with Gasteiger partial charge in [0, 0.05) is 11.6 Å². The predicted molar refractivity (Wildman–Crippen MR) is 84.2 cm³/mol. The van der Waals surface area contributed by atoms with E-state index < -0.39 is 0 Å². The van der Waals surface area contributed by atoms with Gasteiger partial charge >= 0.3 is 0 Å². The van der Waals surface area contributed by atoms with Crippen molar-refractivity contribution in [3.8, 4) is 11.8 Å². The number of rotatable bonds is 3. The third kappa shape index (κ3) is 2.33. The molecule has 0 N–H and O–H groups in total. The molecule has 108 valence electrons. The molecular weight excluding hydrogens is 276 g/mol. The number of allylic oxidation sites excluding steroid dienone is 1. The first kappa shape index (κ1) is 13.9. The van der Waals surface area contributed by atoms with E-state index in [2.05, 4.69) is 0 Å². The number of fused-ring (bicyclic) bond motifs is 1. The maximum Gasteiger partial charge on any atom is 0.260 e. The van der Waals surface area contributed by atoms with Gasteiger partial charge in [0.05, 0.1) is 31.0 Å². The van der Waals surface area contributed by atoms with Crippen molar-refractivity contribution in [2.24, 2.45) is 0 Å². The summed E-state index contributed by atoms with van der Waals surface area (Å²) in [4.78, 5) is 14.3. The minimum atomic E-state index is -0.159. The van der Waals surface area contributed by atoms with E-state index >= 15 is 0 Å². The minimum Gasteiger partial charge on any atom is -0.497 e. The lowest BCUT2D eigenvalue weighted by molar-refractivity contribution is -0.113. The van der Waals surface area contributed by atoms with Gasteiger partial charge in [-0.3, -0.25) is 4.79 Å². The molecule has 0 aliphatic carbocycles. The molecular formula is C18H14N2O2. The molecule has 1 aliphatic heterocycles. The van der Waals surface area contributed by atoms with Gasteiger partial charge < -0.3 is 9.64 Å². The number of ether oxygens (including phenoxy) is 1. The van der Waals surface area contributed by atoms with Gasteiger partial charge in [0.25, 0.3) is 5.91 Å². The van der Waals surface area contributed by atoms with Crippen LogP contribution in [0.1, 0.15) is 11.1 Å². The van der Waals surface area contributed by atoms with Gasteiger partial charge in [-0.1, -0.05) is 30.3 Å². The van der Waals surface area contributed by atoms with Crippen LogP contribution in [0.2, 0.25) is 0 Å². The zero-order chi connectivity index (χ0) is 15.5. The van der Waals surface area contributed by atoms with Gasteiger partial charge in [-0.2, -0.15) is 5.26 Å². The van der Waals surface area contributed by atoms with Gasteiger partial charge in [0.2, 0.25) is 0 Å². The molecule has 0 bridgehead atoms. The molecule has 1 heterocycles. The normalized spacial score (nSPS) is 14.8. The smallest absolute Gasteiger partial charge is 0.260 e. The number of nitrogens with zero attached hydrogens (tertiary/aromatic N) is 2. The van der Waals surface area contributed by atoms with Crippen LogP contribution in [-0.2, 0) is 11.3 Å². The molecule has 0 atom stereocenters. The van der Waals surface area contributed by atoms with Crippen LogP contribution in [0, 0.1) is 11.3 Å². The molecule has 0 fully saturated rings. The number of carbonyl (C=O) groups is 1. The molecule has 22 heavy (non-hydrogen) atoms. The van der Waals surface area contributed by atoms with Crippen LogP contribution < -0.4 is 9.64 Å². The van der Waals surface area contributed by atoms with Crippen molar-refractivity contribution in [2.75, 3.05) is 12.0 Å². The van der Waals surface area contributed by atoms with E-state index in [1.165, 1.54) is 6.08 Å². The van der Waals surface area contributed by atoms with E-state index in [9.17, 15) is 4.79 Å². The molecule has 2 aromatic rings. The van der Waals surface area contributed by atoms with E-state index in [-0.39, 0.29) is 5.91 Å². The third-order valence-electron chi connectivity index (χ3n) is 3.65. The lowest BCUT2D eigenvalue weighted by Crippen LogP contribution is -2.25. The molecule has 4 nitrogen and oxygen atoms in total. The number of hydrogen-bond donors (Lipinski definition) is 0. The highest BCUT2D eigenvalue weighted by Crippen LogP contribution is 2.39. The second-order valence-electron chi connectivity index (χ2n) is 4.95. The summed E-state index contributed by atoms with van der Waals surface area (Å²) in [6.07, 6.45) is 1.30. The van der Waals surface area contributed by atoms with Gasteiger partial charge in [-0.15, -0.1) is 0 Å². The van der Waals surface area contributed by atoms with Crippen molar-refractivity contribution in [3.63, 3.8) is 0 Å². The lowest BCUT2D eigenvalue weighted by atomic mass is 10.1. The second kappa shape index (κ2) is 5.74. The highest BCUT2D eigenvalue weighted by molar-refractivity contribution is 6.32. The van der Waals surface area contributed by atoms with Crippen LogP contribution in [0.4, 0.5) is 5.69 Å². The Hall–Kier alpha value is -3.06. The topological polar surface area (TPSA) is 53.3 Å². The number of benzene rings is 2. The van der Waals surface area contributed by atoms with Crippen molar-refractivity contribution in [2.45, 2.75) is 6.54 Å². The Morgan fingerprint density at radius 2 is 2.00 bits per heavy atom. The fraction of sp³-hybridized carbons (Fsp3) is 0.111. The molecule has 0 aromatic heterocycles. The zero-order valence-corrected chi connectivity index (χ0v) is 12.1. The van der Waals surface area contributed by atoms with Crippen molar-refractivity contribution < 1.29 is 9.53 Å². The Morgan fingerprint density at radius 1 is 1.23 bits per heavy atom. The monoisotopic (exact) mass is 290 g/mol. The number of hydrogen-bond acceptors (Lipinski definition) is 3. The standard InChI is InChI=1S/C18H14N2O2/c1-22-14-7-8-17-16(11-14)15(9-10-19)18(21)20(17)12-13-5-3-2-4-6-13/h2-9,11H,12H2,1H3/b15-9-. The van der Waals surface area contributed by atoms with Crippen LogP contribution in [0.3, 0.4) is 0 Å². The van der Waals surface area contributed by atoms with Gasteiger partial charge in [0.15, 0.2) is 0 Å². The molecule has 0 unspecified atom stereocenters. The van der Waals surface area contributed by atoms with Gasteiger partial charge in [-0.05, 0) is 23.8 Å². The number of amides is 1. The predicted octanol–water partition coefficient (Wildman–Crippen LogP) is 3.15. The number of carbonyl (C=O) groups excluding carboxylic acids is 1. The Kier molecular flexibility index (Phi) is 3.63. The first-order valence-electron chi connectivity index (χ1n) is 6.88. The van der Waals surface area contributed by atoms with Crippen LogP contribution in [0.15, 0.2) is 54.6 Å². The highest BCUT2D eigenvalue weighted by atomic mass is 16.5. The summed E-state index contributed by atoms with van der Waals surface area (Å²) in [6.45, 7) is 0.474. The number of methoxy groups -OCH3 is 1. The zero-order valence-electron chi connectivity index (χ0n) is 12.1. The molecule has 0 radical (unpaired) electrons. The highest BCUT2D eigenvalue weighted by Gasteiger charge is 2.32. The fourth-order valence-corrected chi connectivity index (χ4v) is 2.59. The summed E-state index contributed by atoms with van der Waals surface area (Å²) >= 11 is 0. The maximum atomic E-state index is 12.6. The number of nitriles is 1. The van der Waals surface area contributed by atoms with Crippen LogP contribution in [0.25, 0.3) is 5.57 Å². The molecule has 2 aromatic carbocycles. The summed E-state index contributed by atoms with van der Waals surface area (Å²) in [7, 11) is 1.58. The Bertz CT molecular complexity index is 788. The first-order chi connectivity index (χ1) is 10.7. The summed E-state index contributed by atoms with van der Waals surface area (Å²) in [5.41, 5.74) is 2.99. The van der Waals surface area contributed by atoms with Gasteiger partial charge in [-0.25, -0.2) is 0 Å². The van der Waals surface area contributed by atoms with Crippen molar-refractivity contribution >= 4 is 17.2 Å². The van der Waals surface area contributed by atoms with E-state index in [0.29, 0.717) is 17.9 Å². The van der Waals surface area contributed by atoms with E-state index in [1.54, 1.807) is 18.1 Å². The molecule has 3 rings (SSSR count). The van der Waals surface area contributed by atoms with Crippen LogP contribution in [-0.4, -0.2) is 13.0 Å². The number of anilines is 1. The summed E-state index contributed by atoms with van der Waals surface area (Å²) < 4.78 is 5.21. The molecule has 1 amide bonds. The third-order valence-corrected chi connectivity index (χ3v) is 3.65. The molecule has 1 aliphatic rings. The van der Waals surface area contributed by atoms with E-state index in [4.69, 9.17) is 10.00 Å². The summed E-state index contributed by atoms with van der Waals surface area (Å²) in [5, 5.41) is 8.94. The molecule has 0 saturated heterocycles. The van der Waals surface area contributed by atoms with Crippen LogP contribution in [0.5, 0.6) is 5.75 Å². The quantitative estimate of drug-likeness (QED) is 0.644. The Labute approximate surface area is 128 Å². The van der Waals surface area contributed by atoms with Gasteiger partial charge in [0.1, 0.15) is 5.75 Å². The van der Waals surface area contributed by atoms with Crippen molar-refractivity contribution in [1.29, 1.82) is 5.26 Å². The molecule has 0 spiro atoms. The van der Waals surface area contributed by atoms with E-state index in [1.807, 2.05) is 48.5 Å². The minimum absolute atomic E-state index is 0.159. The summed E-state index contributed by atoms with van der Waals surface area (Å²) in [5.74, 6) is 0.505. The molecule has 4 heteroatoms. The fourth-order valence-electron chi connectivity index (χ4n) is 2.59. The summed E-state index contributed by atoms with van der Waals surface area (Å²) in [6, 6.07) is 17.2. The SMILES string of the molecule is COc1ccc2c(c1)/C(=C/C#N)C(=O)N2Cc1ccccc1. The molecule has 0 saturated carbocycles. The van der Waals surface area contributed by atoms with Crippen molar-refractivity contribution in [1.82, 2.24) is 0 Å². The maximum absolute atomic E-state index is 12.6. The average Bonchev–Trinajstić information content (AvgIpc) is 2.81. The van der Waals surface area contributed by atoms with Crippen molar-refractivity contribution in [3.05, 3.63) is 65.7 Å². The first-order valence-corrected chi connectivity index (χ1v) is 6.88. The largest absolute Gasteiger partial charge is 0.497 e. The lowest BCUT2D eigenvalue weighted by Gasteiger charge is -2.17. The van der Waals surface area contributed by atoms with Crippen LogP contribution >= 0.6 is 0 Å². The average molecular weight is 290 g/mol. The Morgan fingerprint density at radius 3 is 2.68 bits per heavy atom. The van der Waals surface area contributed by atoms with E-state index in [0.717, 1.165) is 16.8 Å². The second-order valence-corrected chi connectivity index (χ2v) is 4.95.